The van der Waals surface area contributed by atoms with Gasteiger partial charge in [-0.3, -0.25) is 9.69 Å². The molecule has 3 amide bonds. The van der Waals surface area contributed by atoms with Crippen LogP contribution in [0.3, 0.4) is 0 Å². The number of urea groups is 1. The summed E-state index contributed by atoms with van der Waals surface area (Å²) in [5, 5.41) is 2.37. The zero-order valence-corrected chi connectivity index (χ0v) is 11.7. The van der Waals surface area contributed by atoms with Gasteiger partial charge in [0.25, 0.3) is 0 Å². The van der Waals surface area contributed by atoms with Crippen LogP contribution in [0.2, 0.25) is 0 Å². The molecular formula is C12H15N3O4S. The van der Waals surface area contributed by atoms with Crippen molar-refractivity contribution in [2.24, 2.45) is 0 Å². The van der Waals surface area contributed by atoms with Gasteiger partial charge in [-0.25, -0.2) is 17.9 Å². The fourth-order valence-electron chi connectivity index (χ4n) is 1.84. The van der Waals surface area contributed by atoms with Crippen LogP contribution in [0.25, 0.3) is 0 Å². The van der Waals surface area contributed by atoms with Crippen molar-refractivity contribution in [1.82, 2.24) is 14.9 Å². The van der Waals surface area contributed by atoms with Gasteiger partial charge >= 0.3 is 6.03 Å². The molecule has 0 aromatic heterocycles. The van der Waals surface area contributed by atoms with Crippen LogP contribution in [-0.2, 0) is 14.8 Å². The summed E-state index contributed by atoms with van der Waals surface area (Å²) in [6.07, 6.45) is 0. The number of hydrogen-bond donors (Lipinski definition) is 2. The number of benzene rings is 1. The van der Waals surface area contributed by atoms with Gasteiger partial charge in [0.05, 0.1) is 11.4 Å². The first kappa shape index (κ1) is 14.5. The van der Waals surface area contributed by atoms with Gasteiger partial charge in [-0.1, -0.05) is 12.1 Å². The zero-order valence-electron chi connectivity index (χ0n) is 10.9. The minimum absolute atomic E-state index is 0.00964. The summed E-state index contributed by atoms with van der Waals surface area (Å²) in [6.45, 7) is 1.75. The first-order valence-corrected chi connectivity index (χ1v) is 7.53. The smallest absolute Gasteiger partial charge is 0.324 e. The van der Waals surface area contributed by atoms with E-state index in [1.165, 1.54) is 6.07 Å². The largest absolute Gasteiger partial charge is 0.329 e. The minimum atomic E-state index is -3.63. The molecule has 0 atom stereocenters. The van der Waals surface area contributed by atoms with Crippen molar-refractivity contribution in [3.63, 3.8) is 0 Å². The van der Waals surface area contributed by atoms with Gasteiger partial charge in [0.2, 0.25) is 15.9 Å². The molecule has 1 heterocycles. The maximum Gasteiger partial charge on any atom is 0.324 e. The molecule has 20 heavy (non-hydrogen) atoms. The zero-order chi connectivity index (χ0) is 14.8. The number of imide groups is 1. The van der Waals surface area contributed by atoms with Crippen LogP contribution in [0.1, 0.15) is 5.56 Å². The quantitative estimate of drug-likeness (QED) is 0.737. The normalized spacial score (nSPS) is 15.6. The molecule has 0 unspecified atom stereocenters. The van der Waals surface area contributed by atoms with Crippen molar-refractivity contribution in [2.75, 3.05) is 19.6 Å². The van der Waals surface area contributed by atoms with Crippen LogP contribution in [0, 0.1) is 6.92 Å². The molecule has 2 rings (SSSR count). The molecule has 1 aliphatic rings. The lowest BCUT2D eigenvalue weighted by atomic mass is 10.2. The number of hydrogen-bond acceptors (Lipinski definition) is 4. The molecule has 7 nitrogen and oxygen atoms in total. The summed E-state index contributed by atoms with van der Waals surface area (Å²) in [4.78, 5) is 23.7. The van der Waals surface area contributed by atoms with Gasteiger partial charge in [0.15, 0.2) is 0 Å². The van der Waals surface area contributed by atoms with Crippen LogP contribution in [0.15, 0.2) is 29.2 Å². The maximum absolute atomic E-state index is 12.0. The summed E-state index contributed by atoms with van der Waals surface area (Å²) >= 11 is 0. The van der Waals surface area contributed by atoms with E-state index in [9.17, 15) is 18.0 Å². The van der Waals surface area contributed by atoms with E-state index in [1.807, 2.05) is 0 Å². The number of aryl methyl sites for hydroxylation is 1. The van der Waals surface area contributed by atoms with Gasteiger partial charge in [-0.15, -0.1) is 0 Å². The van der Waals surface area contributed by atoms with E-state index >= 15 is 0 Å². The highest BCUT2D eigenvalue weighted by molar-refractivity contribution is 7.89. The molecule has 0 bridgehead atoms. The Morgan fingerprint density at radius 1 is 1.35 bits per heavy atom. The predicted octanol–water partition coefficient (Wildman–Crippen LogP) is -0.175. The Morgan fingerprint density at radius 2 is 2.10 bits per heavy atom. The molecular weight excluding hydrogens is 282 g/mol. The third-order valence-electron chi connectivity index (χ3n) is 2.86. The Kier molecular flexibility index (Phi) is 4.05. The van der Waals surface area contributed by atoms with Crippen molar-refractivity contribution in [2.45, 2.75) is 11.8 Å². The molecule has 0 radical (unpaired) electrons. The van der Waals surface area contributed by atoms with Crippen molar-refractivity contribution in [3.05, 3.63) is 29.8 Å². The van der Waals surface area contributed by atoms with Crippen LogP contribution < -0.4 is 10.0 Å². The Balaban J connectivity index is 1.96. The van der Waals surface area contributed by atoms with E-state index < -0.39 is 16.1 Å². The van der Waals surface area contributed by atoms with Gasteiger partial charge in [-0.2, -0.15) is 0 Å². The van der Waals surface area contributed by atoms with Crippen molar-refractivity contribution in [3.8, 4) is 0 Å². The van der Waals surface area contributed by atoms with Crippen LogP contribution >= 0.6 is 0 Å². The monoisotopic (exact) mass is 297 g/mol. The molecule has 108 valence electrons. The number of nitrogens with zero attached hydrogens (tertiary/aromatic N) is 1. The predicted molar refractivity (Wildman–Crippen MR) is 71.5 cm³/mol. The molecule has 2 N–H and O–H groups in total. The van der Waals surface area contributed by atoms with Gasteiger partial charge in [0, 0.05) is 13.1 Å². The average Bonchev–Trinajstić information content (AvgIpc) is 2.70. The number of carbonyl (C=O) groups excluding carboxylic acids is 2. The summed E-state index contributed by atoms with van der Waals surface area (Å²) in [7, 11) is -3.63. The highest BCUT2D eigenvalue weighted by atomic mass is 32.2. The highest BCUT2D eigenvalue weighted by Gasteiger charge is 2.28. The number of amides is 3. The van der Waals surface area contributed by atoms with E-state index in [-0.39, 0.29) is 30.4 Å². The van der Waals surface area contributed by atoms with Crippen molar-refractivity contribution in [1.29, 1.82) is 0 Å². The standard InChI is InChI=1S/C12H15N3O4S/c1-9-3-2-4-10(7-9)20(18,19)14-5-6-15-11(16)8-13-12(15)17/h2-4,7,14H,5-6,8H2,1H3,(H,13,17). The van der Waals surface area contributed by atoms with E-state index in [4.69, 9.17) is 0 Å². The second kappa shape index (κ2) is 5.59. The molecule has 0 saturated carbocycles. The molecule has 8 heteroatoms. The number of rotatable bonds is 5. The Morgan fingerprint density at radius 3 is 2.70 bits per heavy atom. The Bertz CT molecular complexity index is 626. The van der Waals surface area contributed by atoms with Crippen LogP contribution in [0.5, 0.6) is 0 Å². The minimum Gasteiger partial charge on any atom is -0.329 e. The topological polar surface area (TPSA) is 95.6 Å². The fourth-order valence-corrected chi connectivity index (χ4v) is 2.96. The Hall–Kier alpha value is -1.93. The summed E-state index contributed by atoms with van der Waals surface area (Å²) in [5.41, 5.74) is 0.835. The lowest BCUT2D eigenvalue weighted by molar-refractivity contribution is -0.124. The third kappa shape index (κ3) is 3.14. The molecule has 0 spiro atoms. The van der Waals surface area contributed by atoms with E-state index in [0.29, 0.717) is 0 Å². The van der Waals surface area contributed by atoms with Crippen molar-refractivity contribution < 1.29 is 18.0 Å². The van der Waals surface area contributed by atoms with Gasteiger partial charge in [-0.05, 0) is 24.6 Å². The van der Waals surface area contributed by atoms with Crippen LogP contribution in [-0.4, -0.2) is 44.9 Å². The van der Waals surface area contributed by atoms with Crippen LogP contribution in [0.4, 0.5) is 4.79 Å². The molecule has 1 fully saturated rings. The lowest BCUT2D eigenvalue weighted by Gasteiger charge is -2.13. The molecule has 1 saturated heterocycles. The van der Waals surface area contributed by atoms with Crippen molar-refractivity contribution >= 4 is 22.0 Å². The van der Waals surface area contributed by atoms with E-state index in [1.54, 1.807) is 25.1 Å². The average molecular weight is 297 g/mol. The number of nitrogens with one attached hydrogen (secondary N) is 2. The SMILES string of the molecule is Cc1cccc(S(=O)(=O)NCCN2C(=O)CNC2=O)c1. The molecule has 1 aliphatic heterocycles. The van der Waals surface area contributed by atoms with E-state index in [2.05, 4.69) is 10.0 Å². The maximum atomic E-state index is 12.0. The highest BCUT2D eigenvalue weighted by Crippen LogP contribution is 2.10. The lowest BCUT2D eigenvalue weighted by Crippen LogP contribution is -2.38. The molecule has 1 aromatic rings. The second-order valence-electron chi connectivity index (χ2n) is 4.42. The van der Waals surface area contributed by atoms with E-state index in [0.717, 1.165) is 10.5 Å². The summed E-state index contributed by atoms with van der Waals surface area (Å²) < 4.78 is 26.4. The van der Waals surface area contributed by atoms with Gasteiger partial charge in [0.1, 0.15) is 0 Å². The van der Waals surface area contributed by atoms with Gasteiger partial charge < -0.3 is 5.32 Å². The number of carbonyl (C=O) groups is 2. The number of sulfonamides is 1. The second-order valence-corrected chi connectivity index (χ2v) is 6.19. The fraction of sp³-hybridized carbons (Fsp3) is 0.333. The summed E-state index contributed by atoms with van der Waals surface area (Å²) in [6, 6.07) is 6.00. The third-order valence-corrected chi connectivity index (χ3v) is 4.32. The molecule has 0 aliphatic carbocycles. The molecule has 1 aromatic carbocycles. The first-order chi connectivity index (χ1) is 9.40. The Labute approximate surface area is 117 Å². The first-order valence-electron chi connectivity index (χ1n) is 6.05. The summed E-state index contributed by atoms with van der Waals surface area (Å²) in [5.74, 6) is -0.357.